The Morgan fingerprint density at radius 1 is 1.18 bits per heavy atom. The minimum Gasteiger partial charge on any atom is -0.418 e. The van der Waals surface area contributed by atoms with Crippen LogP contribution in [0.25, 0.3) is 5.69 Å². The molecule has 0 saturated carbocycles. The van der Waals surface area contributed by atoms with Crippen LogP contribution >= 0.6 is 23.2 Å². The van der Waals surface area contributed by atoms with Crippen molar-refractivity contribution in [2.24, 2.45) is 0 Å². The minimum absolute atomic E-state index is 0.130. The van der Waals surface area contributed by atoms with E-state index in [4.69, 9.17) is 33.7 Å². The Balaban J connectivity index is 2.06. The summed E-state index contributed by atoms with van der Waals surface area (Å²) >= 11 is 12.1. The Hall–Kier alpha value is -2.31. The molecule has 0 aliphatic carbocycles. The average Bonchev–Trinajstić information content (AvgIpc) is 2.85. The molecule has 8 heteroatoms. The SMILES string of the molecule is Cc1cc(Oc2ncnc(Cl)c2N)n(-c2ccccc2Cl)n1. The van der Waals surface area contributed by atoms with Gasteiger partial charge in [0.15, 0.2) is 5.15 Å². The Labute approximate surface area is 136 Å². The third-order valence-electron chi connectivity index (χ3n) is 2.88. The normalized spacial score (nSPS) is 10.7. The summed E-state index contributed by atoms with van der Waals surface area (Å²) in [5, 5.41) is 5.06. The number of aryl methyl sites for hydroxylation is 1. The molecule has 3 rings (SSSR count). The molecule has 0 aliphatic rings. The fraction of sp³-hybridized carbons (Fsp3) is 0.0714. The van der Waals surface area contributed by atoms with Crippen LogP contribution < -0.4 is 10.5 Å². The summed E-state index contributed by atoms with van der Waals surface area (Å²) in [6.07, 6.45) is 1.27. The first kappa shape index (κ1) is 14.6. The summed E-state index contributed by atoms with van der Waals surface area (Å²) in [6, 6.07) is 9.05. The third-order valence-corrected chi connectivity index (χ3v) is 3.50. The molecule has 0 unspecified atom stereocenters. The van der Waals surface area contributed by atoms with Crippen molar-refractivity contribution in [2.45, 2.75) is 6.92 Å². The molecule has 0 fully saturated rings. The van der Waals surface area contributed by atoms with Gasteiger partial charge in [-0.2, -0.15) is 14.8 Å². The molecule has 0 spiro atoms. The van der Waals surface area contributed by atoms with E-state index in [1.54, 1.807) is 16.8 Å². The standard InChI is InChI=1S/C14H11Cl2N5O/c1-8-6-11(22-14-12(17)13(16)18-7-19-14)21(20-8)10-5-3-2-4-9(10)15/h2-7H,17H2,1H3. The number of rotatable bonds is 3. The lowest BCUT2D eigenvalue weighted by Crippen LogP contribution is -2.03. The maximum atomic E-state index is 6.21. The molecule has 1 aromatic carbocycles. The van der Waals surface area contributed by atoms with Gasteiger partial charge in [-0.3, -0.25) is 0 Å². The topological polar surface area (TPSA) is 78.9 Å². The van der Waals surface area contributed by atoms with Crippen LogP contribution in [0.3, 0.4) is 0 Å². The highest BCUT2D eigenvalue weighted by Gasteiger charge is 2.15. The molecule has 112 valence electrons. The van der Waals surface area contributed by atoms with E-state index in [-0.39, 0.29) is 16.7 Å². The summed E-state index contributed by atoms with van der Waals surface area (Å²) in [5.41, 5.74) is 7.42. The number of hydrogen-bond donors (Lipinski definition) is 1. The van der Waals surface area contributed by atoms with Crippen molar-refractivity contribution in [3.63, 3.8) is 0 Å². The second kappa shape index (κ2) is 5.82. The number of ether oxygens (including phenoxy) is 1. The molecule has 0 saturated heterocycles. The van der Waals surface area contributed by atoms with Crippen LogP contribution in [0.15, 0.2) is 36.7 Å². The highest BCUT2D eigenvalue weighted by molar-refractivity contribution is 6.32. The molecule has 22 heavy (non-hydrogen) atoms. The second-order valence-electron chi connectivity index (χ2n) is 4.47. The van der Waals surface area contributed by atoms with E-state index in [2.05, 4.69) is 15.1 Å². The molecular weight excluding hydrogens is 325 g/mol. The Morgan fingerprint density at radius 3 is 2.73 bits per heavy atom. The van der Waals surface area contributed by atoms with Crippen molar-refractivity contribution >= 4 is 28.9 Å². The number of halogens is 2. The molecule has 0 radical (unpaired) electrons. The van der Waals surface area contributed by atoms with Crippen LogP contribution in [0.4, 0.5) is 5.69 Å². The van der Waals surface area contributed by atoms with Crippen LogP contribution in [-0.2, 0) is 0 Å². The molecular formula is C14H11Cl2N5O. The Kier molecular flexibility index (Phi) is 3.87. The lowest BCUT2D eigenvalue weighted by Gasteiger charge is -2.10. The van der Waals surface area contributed by atoms with Crippen LogP contribution in [-0.4, -0.2) is 19.7 Å². The summed E-state index contributed by atoms with van der Waals surface area (Å²) in [7, 11) is 0. The molecule has 2 heterocycles. The van der Waals surface area contributed by atoms with E-state index in [0.717, 1.165) is 5.69 Å². The van der Waals surface area contributed by atoms with Crippen molar-refractivity contribution in [3.8, 4) is 17.4 Å². The van der Waals surface area contributed by atoms with E-state index in [0.29, 0.717) is 16.6 Å². The van der Waals surface area contributed by atoms with Crippen molar-refractivity contribution in [2.75, 3.05) is 5.73 Å². The van der Waals surface area contributed by atoms with Crippen molar-refractivity contribution in [1.29, 1.82) is 0 Å². The second-order valence-corrected chi connectivity index (χ2v) is 5.24. The van der Waals surface area contributed by atoms with Gasteiger partial charge in [0.05, 0.1) is 16.4 Å². The zero-order chi connectivity index (χ0) is 15.7. The van der Waals surface area contributed by atoms with Gasteiger partial charge in [0.25, 0.3) is 0 Å². The third kappa shape index (κ3) is 2.70. The Morgan fingerprint density at radius 2 is 1.95 bits per heavy atom. The van der Waals surface area contributed by atoms with Gasteiger partial charge in [-0.15, -0.1) is 0 Å². The molecule has 0 amide bonds. The van der Waals surface area contributed by atoms with Crippen LogP contribution in [0.1, 0.15) is 5.69 Å². The first-order valence-corrected chi connectivity index (χ1v) is 7.07. The Bertz CT molecular complexity index is 834. The molecule has 0 aliphatic heterocycles. The lowest BCUT2D eigenvalue weighted by atomic mass is 10.3. The predicted molar refractivity (Wildman–Crippen MR) is 84.8 cm³/mol. The number of nitrogens with two attached hydrogens (primary N) is 1. The zero-order valence-corrected chi connectivity index (χ0v) is 13.0. The highest BCUT2D eigenvalue weighted by atomic mass is 35.5. The number of anilines is 1. The highest BCUT2D eigenvalue weighted by Crippen LogP contribution is 2.32. The number of para-hydroxylation sites is 1. The van der Waals surface area contributed by atoms with E-state index in [1.165, 1.54) is 6.33 Å². The number of nitrogens with zero attached hydrogens (tertiary/aromatic N) is 4. The predicted octanol–water partition coefficient (Wildman–Crippen LogP) is 3.65. The summed E-state index contributed by atoms with van der Waals surface area (Å²) < 4.78 is 7.31. The van der Waals surface area contributed by atoms with E-state index in [1.807, 2.05) is 25.1 Å². The first-order valence-electron chi connectivity index (χ1n) is 6.31. The monoisotopic (exact) mass is 335 g/mol. The van der Waals surface area contributed by atoms with E-state index < -0.39 is 0 Å². The maximum absolute atomic E-state index is 6.21. The number of nitrogen functional groups attached to an aromatic ring is 1. The fourth-order valence-electron chi connectivity index (χ4n) is 1.88. The van der Waals surface area contributed by atoms with Crippen LogP contribution in [0.5, 0.6) is 11.8 Å². The average molecular weight is 336 g/mol. The van der Waals surface area contributed by atoms with Crippen LogP contribution in [0, 0.1) is 6.92 Å². The molecule has 0 atom stereocenters. The quantitative estimate of drug-likeness (QED) is 0.739. The molecule has 2 N–H and O–H groups in total. The zero-order valence-electron chi connectivity index (χ0n) is 11.5. The van der Waals surface area contributed by atoms with Crippen molar-refractivity contribution in [3.05, 3.63) is 52.5 Å². The van der Waals surface area contributed by atoms with Gasteiger partial charge in [-0.1, -0.05) is 35.3 Å². The van der Waals surface area contributed by atoms with E-state index in [9.17, 15) is 0 Å². The number of benzene rings is 1. The fourth-order valence-corrected chi connectivity index (χ4v) is 2.22. The van der Waals surface area contributed by atoms with Gasteiger partial charge in [0, 0.05) is 6.07 Å². The summed E-state index contributed by atoms with van der Waals surface area (Å²) in [6.45, 7) is 1.84. The van der Waals surface area contributed by atoms with E-state index >= 15 is 0 Å². The largest absolute Gasteiger partial charge is 0.418 e. The van der Waals surface area contributed by atoms with Gasteiger partial charge in [0.1, 0.15) is 12.0 Å². The first-order chi connectivity index (χ1) is 10.6. The maximum Gasteiger partial charge on any atom is 0.249 e. The lowest BCUT2D eigenvalue weighted by molar-refractivity contribution is 0.429. The summed E-state index contributed by atoms with van der Waals surface area (Å²) in [4.78, 5) is 7.77. The minimum atomic E-state index is 0.130. The smallest absolute Gasteiger partial charge is 0.249 e. The van der Waals surface area contributed by atoms with Gasteiger partial charge in [-0.05, 0) is 19.1 Å². The van der Waals surface area contributed by atoms with Gasteiger partial charge >= 0.3 is 0 Å². The van der Waals surface area contributed by atoms with Crippen LogP contribution in [0.2, 0.25) is 10.2 Å². The van der Waals surface area contributed by atoms with Crippen molar-refractivity contribution in [1.82, 2.24) is 19.7 Å². The molecule has 0 bridgehead atoms. The van der Waals surface area contributed by atoms with Gasteiger partial charge in [-0.25, -0.2) is 4.98 Å². The number of aromatic nitrogens is 4. The van der Waals surface area contributed by atoms with Crippen molar-refractivity contribution < 1.29 is 4.74 Å². The van der Waals surface area contributed by atoms with Gasteiger partial charge in [0.2, 0.25) is 11.8 Å². The molecule has 6 nitrogen and oxygen atoms in total. The van der Waals surface area contributed by atoms with Gasteiger partial charge < -0.3 is 10.5 Å². The summed E-state index contributed by atoms with van der Waals surface area (Å²) in [5.74, 6) is 0.584. The molecule has 3 aromatic rings. The number of hydrogen-bond acceptors (Lipinski definition) is 5. The molecule has 2 aromatic heterocycles.